The van der Waals surface area contributed by atoms with E-state index in [0.717, 1.165) is 22.7 Å². The summed E-state index contributed by atoms with van der Waals surface area (Å²) in [6, 6.07) is 63.8. The zero-order chi connectivity index (χ0) is 34.0. The second kappa shape index (κ2) is 13.0. The highest BCUT2D eigenvalue weighted by Crippen LogP contribution is 2.60. The van der Waals surface area contributed by atoms with Gasteiger partial charge >= 0.3 is 0 Å². The van der Waals surface area contributed by atoms with Crippen LogP contribution >= 0.6 is 0 Å². The maximum Gasteiger partial charge on any atom is 0.0739 e. The van der Waals surface area contributed by atoms with Crippen LogP contribution in [0.1, 0.15) is 27.8 Å². The molecule has 0 fully saturated rings. The second-order valence-electron chi connectivity index (χ2n) is 13.0. The van der Waals surface area contributed by atoms with Gasteiger partial charge in [0.05, 0.1) is 5.41 Å². The van der Waals surface area contributed by atoms with Crippen LogP contribution in [0.2, 0.25) is 0 Å². The Morgan fingerprint density at radius 3 is 1.73 bits per heavy atom. The van der Waals surface area contributed by atoms with Gasteiger partial charge in [-0.15, -0.1) is 0 Å². The van der Waals surface area contributed by atoms with Crippen molar-refractivity contribution in [1.29, 1.82) is 0 Å². The third-order valence-electron chi connectivity index (χ3n) is 10.2. The Hall–Kier alpha value is -6.64. The number of benzene rings is 7. The van der Waals surface area contributed by atoms with Crippen LogP contribution in [0.3, 0.4) is 0 Å². The maximum absolute atomic E-state index is 3.65. The van der Waals surface area contributed by atoms with Gasteiger partial charge in [-0.05, 0) is 98.6 Å². The number of allylic oxidation sites excluding steroid dienone is 4. The van der Waals surface area contributed by atoms with Crippen molar-refractivity contribution in [2.75, 3.05) is 10.2 Å². The Kier molecular flexibility index (Phi) is 7.75. The maximum atomic E-state index is 3.65. The second-order valence-corrected chi connectivity index (χ2v) is 13.0. The SMILES string of the molecule is C1=C\C=C\Nc2ccccc2C2(c3ccccc3\C=C/1)c1ccccc1-c1c(-c3ccc(N(c4ccccc4)c4ccccc4)cc3)cccc12. The van der Waals surface area contributed by atoms with E-state index in [4.69, 9.17) is 0 Å². The zero-order valence-corrected chi connectivity index (χ0v) is 28.2. The van der Waals surface area contributed by atoms with Crippen molar-refractivity contribution in [2.24, 2.45) is 0 Å². The van der Waals surface area contributed by atoms with Gasteiger partial charge in [0.15, 0.2) is 0 Å². The average molecular weight is 653 g/mol. The van der Waals surface area contributed by atoms with Crippen molar-refractivity contribution in [3.8, 4) is 22.3 Å². The van der Waals surface area contributed by atoms with Crippen LogP contribution in [-0.2, 0) is 5.41 Å². The first kappa shape index (κ1) is 30.4. The highest BCUT2D eigenvalue weighted by Gasteiger charge is 2.48. The van der Waals surface area contributed by atoms with E-state index < -0.39 is 5.41 Å². The van der Waals surface area contributed by atoms with Crippen molar-refractivity contribution in [3.05, 3.63) is 234 Å². The third-order valence-corrected chi connectivity index (χ3v) is 10.2. The van der Waals surface area contributed by atoms with Crippen molar-refractivity contribution in [1.82, 2.24) is 0 Å². The molecule has 0 amide bonds. The third kappa shape index (κ3) is 5.12. The molecule has 2 heteroatoms. The lowest BCUT2D eigenvalue weighted by Crippen LogP contribution is -2.30. The lowest BCUT2D eigenvalue weighted by Gasteiger charge is -2.36. The van der Waals surface area contributed by atoms with Gasteiger partial charge in [-0.25, -0.2) is 0 Å². The van der Waals surface area contributed by atoms with Gasteiger partial charge in [-0.3, -0.25) is 0 Å². The number of fused-ring (bicyclic) bond motifs is 9. The molecule has 7 aromatic rings. The van der Waals surface area contributed by atoms with Crippen molar-refractivity contribution in [3.63, 3.8) is 0 Å². The Balaban J connectivity index is 1.28. The molecule has 0 bridgehead atoms. The van der Waals surface area contributed by atoms with E-state index in [2.05, 4.69) is 217 Å². The number of rotatable bonds is 4. The molecular weight excluding hydrogens is 617 g/mol. The molecule has 1 heterocycles. The van der Waals surface area contributed by atoms with E-state index in [1.54, 1.807) is 0 Å². The first-order valence-corrected chi connectivity index (χ1v) is 17.5. The van der Waals surface area contributed by atoms with Gasteiger partial charge in [0, 0.05) is 28.9 Å². The lowest BCUT2D eigenvalue weighted by atomic mass is 9.65. The minimum atomic E-state index is -0.569. The summed E-state index contributed by atoms with van der Waals surface area (Å²) in [6.45, 7) is 0. The Labute approximate surface area is 300 Å². The van der Waals surface area contributed by atoms with E-state index in [-0.39, 0.29) is 0 Å². The van der Waals surface area contributed by atoms with Crippen LogP contribution < -0.4 is 10.2 Å². The van der Waals surface area contributed by atoms with E-state index in [1.165, 1.54) is 50.1 Å². The molecule has 0 saturated carbocycles. The molecule has 242 valence electrons. The van der Waals surface area contributed by atoms with E-state index in [1.807, 2.05) is 6.20 Å². The van der Waals surface area contributed by atoms with Crippen LogP contribution in [0.5, 0.6) is 0 Å². The Bertz CT molecular complexity index is 2400. The molecule has 1 N–H and O–H groups in total. The molecule has 2 nitrogen and oxygen atoms in total. The molecule has 1 aliphatic carbocycles. The summed E-state index contributed by atoms with van der Waals surface area (Å²) in [5.74, 6) is 0. The quantitative estimate of drug-likeness (QED) is 0.204. The van der Waals surface area contributed by atoms with Crippen LogP contribution in [0, 0.1) is 0 Å². The van der Waals surface area contributed by atoms with Crippen LogP contribution in [0.4, 0.5) is 22.7 Å². The Morgan fingerprint density at radius 1 is 0.392 bits per heavy atom. The number of nitrogens with zero attached hydrogens (tertiary/aromatic N) is 1. The minimum Gasteiger partial charge on any atom is -0.361 e. The topological polar surface area (TPSA) is 15.3 Å². The fourth-order valence-electron chi connectivity index (χ4n) is 8.09. The fraction of sp³-hybridized carbons (Fsp3) is 0.0204. The number of anilines is 4. The summed E-state index contributed by atoms with van der Waals surface area (Å²) in [5, 5.41) is 3.65. The normalized spacial score (nSPS) is 17.3. The summed E-state index contributed by atoms with van der Waals surface area (Å²) in [4.78, 5) is 2.31. The zero-order valence-electron chi connectivity index (χ0n) is 28.2. The largest absolute Gasteiger partial charge is 0.361 e. The van der Waals surface area contributed by atoms with Gasteiger partial charge in [0.2, 0.25) is 0 Å². The molecular formula is C49H36N2. The molecule has 0 radical (unpaired) electrons. The molecule has 2 aliphatic rings. The van der Waals surface area contributed by atoms with Crippen LogP contribution in [-0.4, -0.2) is 0 Å². The van der Waals surface area contributed by atoms with Gasteiger partial charge in [-0.1, -0.05) is 158 Å². The summed E-state index contributed by atoms with van der Waals surface area (Å²) < 4.78 is 0. The number of para-hydroxylation sites is 3. The van der Waals surface area contributed by atoms with E-state index >= 15 is 0 Å². The number of nitrogens with one attached hydrogen (secondary N) is 1. The molecule has 0 aromatic heterocycles. The molecule has 7 aromatic carbocycles. The predicted molar refractivity (Wildman–Crippen MR) is 215 cm³/mol. The van der Waals surface area contributed by atoms with Crippen molar-refractivity contribution in [2.45, 2.75) is 5.41 Å². The van der Waals surface area contributed by atoms with Gasteiger partial charge < -0.3 is 10.2 Å². The number of hydrogen-bond acceptors (Lipinski definition) is 2. The molecule has 9 rings (SSSR count). The summed E-state index contributed by atoms with van der Waals surface area (Å²) in [6.07, 6.45) is 12.6. The molecule has 51 heavy (non-hydrogen) atoms. The predicted octanol–water partition coefficient (Wildman–Crippen LogP) is 12.7. The first-order chi connectivity index (χ1) is 25.3. The van der Waals surface area contributed by atoms with Gasteiger partial charge in [-0.2, -0.15) is 0 Å². The molecule has 1 unspecified atom stereocenters. The van der Waals surface area contributed by atoms with Crippen LogP contribution in [0.25, 0.3) is 28.3 Å². The molecule has 0 saturated heterocycles. The van der Waals surface area contributed by atoms with Crippen molar-refractivity contribution >= 4 is 28.8 Å². The standard InChI is InChI=1S/C49H36N2/c1-2-16-35-50-47-30-15-14-28-45(47)49(43-26-12-10-19-37(43)18-5-1)44-27-13-11-24-42(44)48-41(25-17-29-46(48)49)36-31-33-40(34-32-36)51(38-20-6-3-7-21-38)39-22-8-4-9-23-39/h1-35,50H/b2-1-,18-5-,35-16+. The first-order valence-electron chi connectivity index (χ1n) is 17.5. The fourth-order valence-corrected chi connectivity index (χ4v) is 8.09. The van der Waals surface area contributed by atoms with E-state index in [0.29, 0.717) is 0 Å². The van der Waals surface area contributed by atoms with E-state index in [9.17, 15) is 0 Å². The number of hydrogen-bond donors (Lipinski definition) is 1. The van der Waals surface area contributed by atoms with Gasteiger partial charge in [0.1, 0.15) is 0 Å². The van der Waals surface area contributed by atoms with Crippen molar-refractivity contribution < 1.29 is 0 Å². The average Bonchev–Trinajstić information content (AvgIpc) is 3.50. The highest BCUT2D eigenvalue weighted by atomic mass is 15.1. The van der Waals surface area contributed by atoms with Gasteiger partial charge in [0.25, 0.3) is 0 Å². The molecule has 1 aliphatic heterocycles. The van der Waals surface area contributed by atoms with Crippen LogP contribution in [0.15, 0.2) is 206 Å². The summed E-state index contributed by atoms with van der Waals surface area (Å²) in [5.41, 5.74) is 15.1. The smallest absolute Gasteiger partial charge is 0.0739 e. The Morgan fingerprint density at radius 2 is 0.961 bits per heavy atom. The minimum absolute atomic E-state index is 0.569. The summed E-state index contributed by atoms with van der Waals surface area (Å²) >= 11 is 0. The molecule has 1 spiro atoms. The monoisotopic (exact) mass is 652 g/mol. The highest BCUT2D eigenvalue weighted by molar-refractivity contribution is 5.97. The lowest BCUT2D eigenvalue weighted by molar-refractivity contribution is 0.768. The molecule has 1 atom stereocenters. The summed E-state index contributed by atoms with van der Waals surface area (Å²) in [7, 11) is 0.